The first-order chi connectivity index (χ1) is 7.90. The lowest BCUT2D eigenvalue weighted by atomic mass is 10.3. The Kier molecular flexibility index (Phi) is 8.71. The van der Waals surface area contributed by atoms with Gasteiger partial charge in [0.15, 0.2) is 0 Å². The van der Waals surface area contributed by atoms with Crippen molar-refractivity contribution in [2.24, 2.45) is 5.73 Å². The Morgan fingerprint density at radius 1 is 1.35 bits per heavy atom. The summed E-state index contributed by atoms with van der Waals surface area (Å²) in [6.07, 6.45) is 1.23. The lowest BCUT2D eigenvalue weighted by molar-refractivity contribution is 0.0394. The fraction of sp³-hybridized carbons (Fsp3) is 1.00. The Hall–Kier alpha value is -0.210. The van der Waals surface area contributed by atoms with Gasteiger partial charge in [-0.1, -0.05) is 0 Å². The van der Waals surface area contributed by atoms with E-state index in [1.807, 2.05) is 11.9 Å². The molecule has 0 radical (unpaired) electrons. The highest BCUT2D eigenvalue weighted by Gasteiger charge is 2.14. The molecule has 2 N–H and O–H groups in total. The van der Waals surface area contributed by atoms with Gasteiger partial charge in [0.2, 0.25) is 0 Å². The first-order valence-electron chi connectivity index (χ1n) is 5.55. The molecule has 1 unspecified atom stereocenters. The first kappa shape index (κ1) is 16.8. The van der Waals surface area contributed by atoms with E-state index < -0.39 is 9.84 Å². The summed E-state index contributed by atoms with van der Waals surface area (Å²) in [6.45, 7) is 2.46. The fourth-order valence-corrected chi connectivity index (χ4v) is 1.85. The molecule has 0 aromatic heterocycles. The molecule has 104 valence electrons. The van der Waals surface area contributed by atoms with Crippen LogP contribution >= 0.6 is 0 Å². The highest BCUT2D eigenvalue weighted by atomic mass is 32.2. The van der Waals surface area contributed by atoms with Crippen molar-refractivity contribution >= 4 is 9.84 Å². The van der Waals surface area contributed by atoms with Crippen LogP contribution < -0.4 is 5.73 Å². The summed E-state index contributed by atoms with van der Waals surface area (Å²) < 4.78 is 32.3. The van der Waals surface area contributed by atoms with E-state index in [1.54, 1.807) is 7.11 Å². The highest BCUT2D eigenvalue weighted by molar-refractivity contribution is 7.90. The summed E-state index contributed by atoms with van der Waals surface area (Å²) in [6, 6.07) is 0.0357. The van der Waals surface area contributed by atoms with Gasteiger partial charge in [-0.3, -0.25) is 4.90 Å². The maximum absolute atomic E-state index is 11.0. The summed E-state index contributed by atoms with van der Waals surface area (Å²) in [4.78, 5) is 1.91. The molecule has 1 atom stereocenters. The van der Waals surface area contributed by atoms with Crippen molar-refractivity contribution in [1.82, 2.24) is 4.90 Å². The number of nitrogens with two attached hydrogens (primary N) is 1. The van der Waals surface area contributed by atoms with Crippen molar-refractivity contribution in [3.8, 4) is 0 Å². The van der Waals surface area contributed by atoms with Gasteiger partial charge < -0.3 is 15.2 Å². The number of ether oxygens (including phenoxy) is 2. The van der Waals surface area contributed by atoms with Crippen molar-refractivity contribution in [3.05, 3.63) is 0 Å². The van der Waals surface area contributed by atoms with E-state index >= 15 is 0 Å². The second kappa shape index (κ2) is 8.82. The molecule has 0 saturated carbocycles. The Labute approximate surface area is 104 Å². The van der Waals surface area contributed by atoms with Crippen LogP contribution in [-0.2, 0) is 19.3 Å². The molecule has 0 amide bonds. The van der Waals surface area contributed by atoms with Gasteiger partial charge in [0.25, 0.3) is 0 Å². The maximum atomic E-state index is 11.0. The molecule has 0 aliphatic carbocycles. The third-order valence-electron chi connectivity index (χ3n) is 2.45. The number of rotatable bonds is 10. The quantitative estimate of drug-likeness (QED) is 0.509. The van der Waals surface area contributed by atoms with Crippen molar-refractivity contribution in [1.29, 1.82) is 0 Å². The molecular weight excluding hydrogens is 244 g/mol. The van der Waals surface area contributed by atoms with E-state index in [9.17, 15) is 8.42 Å². The lowest BCUT2D eigenvalue weighted by Crippen LogP contribution is -2.43. The van der Waals surface area contributed by atoms with Gasteiger partial charge in [-0.25, -0.2) is 8.42 Å². The Bertz CT molecular complexity index is 282. The molecule has 0 aliphatic heterocycles. The number of hydrogen-bond donors (Lipinski definition) is 1. The molecule has 0 bridgehead atoms. The van der Waals surface area contributed by atoms with Crippen LogP contribution in [0.1, 0.15) is 0 Å². The third-order valence-corrected chi connectivity index (χ3v) is 3.38. The van der Waals surface area contributed by atoms with Crippen LogP contribution in [0.4, 0.5) is 0 Å². The zero-order valence-electron chi connectivity index (χ0n) is 10.9. The predicted molar refractivity (Wildman–Crippen MR) is 67.9 cm³/mol. The first-order valence-corrected chi connectivity index (χ1v) is 7.61. The lowest BCUT2D eigenvalue weighted by Gasteiger charge is -2.26. The summed E-state index contributed by atoms with van der Waals surface area (Å²) in [7, 11) is 0.529. The van der Waals surface area contributed by atoms with Gasteiger partial charge in [-0.05, 0) is 7.05 Å². The van der Waals surface area contributed by atoms with Gasteiger partial charge in [-0.2, -0.15) is 0 Å². The van der Waals surface area contributed by atoms with Crippen LogP contribution in [0.25, 0.3) is 0 Å². The monoisotopic (exact) mass is 268 g/mol. The van der Waals surface area contributed by atoms with E-state index in [2.05, 4.69) is 0 Å². The van der Waals surface area contributed by atoms with Crippen molar-refractivity contribution < 1.29 is 17.9 Å². The van der Waals surface area contributed by atoms with Crippen LogP contribution in [0.2, 0.25) is 0 Å². The minimum absolute atomic E-state index is 0.0357. The van der Waals surface area contributed by atoms with E-state index in [0.717, 1.165) is 0 Å². The minimum atomic E-state index is -2.93. The van der Waals surface area contributed by atoms with E-state index in [1.165, 1.54) is 6.26 Å². The number of hydrogen-bond acceptors (Lipinski definition) is 6. The Balaban J connectivity index is 3.91. The summed E-state index contributed by atoms with van der Waals surface area (Å²) in [5, 5.41) is 0. The molecule has 0 fully saturated rings. The SMILES string of the molecule is COCCOCC(CN)N(C)CCS(C)(=O)=O. The molecule has 0 spiro atoms. The largest absolute Gasteiger partial charge is 0.382 e. The molecule has 0 rings (SSSR count). The number of nitrogens with zero attached hydrogens (tertiary/aromatic N) is 1. The Morgan fingerprint density at radius 2 is 2.00 bits per heavy atom. The highest BCUT2D eigenvalue weighted by Crippen LogP contribution is 1.97. The zero-order valence-corrected chi connectivity index (χ0v) is 11.7. The fourth-order valence-electron chi connectivity index (χ4n) is 1.23. The molecule has 7 heteroatoms. The average molecular weight is 268 g/mol. The number of sulfone groups is 1. The number of likely N-dealkylation sites (N-methyl/N-ethyl adjacent to an activating group) is 1. The average Bonchev–Trinajstić information content (AvgIpc) is 2.25. The molecule has 6 nitrogen and oxygen atoms in total. The normalized spacial score (nSPS) is 14.2. The van der Waals surface area contributed by atoms with Crippen LogP contribution in [0.15, 0.2) is 0 Å². The topological polar surface area (TPSA) is 81.9 Å². The summed E-state index contributed by atoms with van der Waals surface area (Å²) in [5.74, 6) is 0.137. The van der Waals surface area contributed by atoms with E-state index in [0.29, 0.717) is 32.9 Å². The molecule has 0 aromatic rings. The summed E-state index contributed by atoms with van der Waals surface area (Å²) in [5.41, 5.74) is 5.63. The van der Waals surface area contributed by atoms with Crippen LogP contribution in [-0.4, -0.2) is 78.4 Å². The van der Waals surface area contributed by atoms with Crippen LogP contribution in [0.3, 0.4) is 0 Å². The van der Waals surface area contributed by atoms with Crippen LogP contribution in [0, 0.1) is 0 Å². The zero-order chi connectivity index (χ0) is 13.3. The third kappa shape index (κ3) is 9.49. The second-order valence-corrected chi connectivity index (χ2v) is 6.33. The van der Waals surface area contributed by atoms with Gasteiger partial charge in [0, 0.05) is 32.5 Å². The molecular formula is C10H24N2O4S. The molecule has 0 aromatic carbocycles. The predicted octanol–water partition coefficient (Wildman–Crippen LogP) is -1.05. The number of methoxy groups -OCH3 is 1. The van der Waals surface area contributed by atoms with Gasteiger partial charge in [-0.15, -0.1) is 0 Å². The smallest absolute Gasteiger partial charge is 0.148 e. The second-order valence-electron chi connectivity index (χ2n) is 4.07. The standard InChI is InChI=1S/C10H24N2O4S/c1-12(4-7-17(3,13)14)10(8-11)9-16-6-5-15-2/h10H,4-9,11H2,1-3H3. The van der Waals surface area contributed by atoms with E-state index in [-0.39, 0.29) is 11.8 Å². The van der Waals surface area contributed by atoms with Crippen LogP contribution in [0.5, 0.6) is 0 Å². The van der Waals surface area contributed by atoms with Gasteiger partial charge in [0.05, 0.1) is 25.6 Å². The molecule has 17 heavy (non-hydrogen) atoms. The van der Waals surface area contributed by atoms with Crippen molar-refractivity contribution in [2.45, 2.75) is 6.04 Å². The minimum Gasteiger partial charge on any atom is -0.382 e. The van der Waals surface area contributed by atoms with E-state index in [4.69, 9.17) is 15.2 Å². The van der Waals surface area contributed by atoms with Crippen molar-refractivity contribution in [3.63, 3.8) is 0 Å². The summed E-state index contributed by atoms with van der Waals surface area (Å²) >= 11 is 0. The maximum Gasteiger partial charge on any atom is 0.148 e. The van der Waals surface area contributed by atoms with Gasteiger partial charge >= 0.3 is 0 Å². The van der Waals surface area contributed by atoms with Crippen molar-refractivity contribution in [2.75, 3.05) is 59.1 Å². The van der Waals surface area contributed by atoms with Gasteiger partial charge in [0.1, 0.15) is 9.84 Å². The molecule has 0 saturated heterocycles. The molecule has 0 aliphatic rings. The Morgan fingerprint density at radius 3 is 2.47 bits per heavy atom. The molecule has 0 heterocycles.